The lowest BCUT2D eigenvalue weighted by atomic mass is 9.56. The van der Waals surface area contributed by atoms with Crippen LogP contribution in [-0.4, -0.2) is 0 Å². The van der Waals surface area contributed by atoms with Crippen molar-refractivity contribution >= 4 is 0 Å². The number of hydrogen-bond acceptors (Lipinski definition) is 0. The van der Waals surface area contributed by atoms with E-state index in [0.717, 1.165) is 19.3 Å². The monoisotopic (exact) mass is 434 g/mol. The van der Waals surface area contributed by atoms with Crippen molar-refractivity contribution in [3.05, 3.63) is 70.8 Å². The molecule has 0 nitrogen and oxygen atoms in total. The summed E-state index contributed by atoms with van der Waals surface area (Å²) in [7, 11) is 0. The summed E-state index contributed by atoms with van der Waals surface area (Å²) in [5.74, 6) is 0.549. The highest BCUT2D eigenvalue weighted by atomic mass is 14.5. The van der Waals surface area contributed by atoms with Crippen molar-refractivity contribution < 1.29 is 0 Å². The zero-order valence-corrected chi connectivity index (χ0v) is 23.0. The zero-order valence-electron chi connectivity index (χ0n) is 23.0. The number of hydrogen-bond donors (Lipinski definition) is 0. The van der Waals surface area contributed by atoms with Crippen molar-refractivity contribution in [2.45, 2.75) is 113 Å². The topological polar surface area (TPSA) is 0 Å². The van der Waals surface area contributed by atoms with Crippen molar-refractivity contribution in [1.29, 1.82) is 0 Å². The quantitative estimate of drug-likeness (QED) is 0.368. The summed E-state index contributed by atoms with van der Waals surface area (Å²) in [6, 6.07) is 18.9. The van der Waals surface area contributed by atoms with Crippen LogP contribution in [0.1, 0.15) is 111 Å². The fourth-order valence-electron chi connectivity index (χ4n) is 5.34. The van der Waals surface area contributed by atoms with Gasteiger partial charge >= 0.3 is 0 Å². The molecule has 0 radical (unpaired) electrons. The van der Waals surface area contributed by atoms with E-state index in [4.69, 9.17) is 0 Å². The van der Waals surface area contributed by atoms with Gasteiger partial charge < -0.3 is 0 Å². The molecule has 3 unspecified atom stereocenters. The Hall–Kier alpha value is -1.56. The van der Waals surface area contributed by atoms with Crippen LogP contribution in [0.3, 0.4) is 0 Å². The molecule has 32 heavy (non-hydrogen) atoms. The summed E-state index contributed by atoms with van der Waals surface area (Å²) >= 11 is 0. The first kappa shape index (κ1) is 26.7. The van der Waals surface area contributed by atoms with E-state index in [9.17, 15) is 0 Å². The van der Waals surface area contributed by atoms with Gasteiger partial charge in [0.15, 0.2) is 0 Å². The van der Waals surface area contributed by atoms with Gasteiger partial charge in [-0.15, -0.1) is 0 Å². The smallest absolute Gasteiger partial charge is 0.00363 e. The van der Waals surface area contributed by atoms with E-state index < -0.39 is 0 Å². The molecule has 0 fully saturated rings. The van der Waals surface area contributed by atoms with Gasteiger partial charge in [-0.3, -0.25) is 0 Å². The molecule has 0 spiro atoms. The number of rotatable bonds is 9. The summed E-state index contributed by atoms with van der Waals surface area (Å²) in [5, 5.41) is 0. The van der Waals surface area contributed by atoms with Gasteiger partial charge in [0.05, 0.1) is 0 Å². The Bertz CT molecular complexity index is 846. The Morgan fingerprint density at radius 3 is 1.62 bits per heavy atom. The number of aryl methyl sites for hydroxylation is 1. The fourth-order valence-corrected chi connectivity index (χ4v) is 5.34. The third-order valence-electron chi connectivity index (χ3n) is 8.79. The lowest BCUT2D eigenvalue weighted by Gasteiger charge is -2.48. The van der Waals surface area contributed by atoms with Crippen molar-refractivity contribution in [1.82, 2.24) is 0 Å². The molecular formula is C32H50. The minimum absolute atomic E-state index is 0.0968. The minimum atomic E-state index is 0.0968. The van der Waals surface area contributed by atoms with Crippen LogP contribution in [0.15, 0.2) is 48.5 Å². The predicted molar refractivity (Wildman–Crippen MR) is 144 cm³/mol. The summed E-state index contributed by atoms with van der Waals surface area (Å²) < 4.78 is 0. The van der Waals surface area contributed by atoms with E-state index in [1.807, 2.05) is 0 Å². The predicted octanol–water partition coefficient (Wildman–Crippen LogP) is 9.67. The highest BCUT2D eigenvalue weighted by Crippen LogP contribution is 2.50. The van der Waals surface area contributed by atoms with Crippen molar-refractivity contribution in [3.63, 3.8) is 0 Å². The lowest BCUT2D eigenvalue weighted by molar-refractivity contribution is 0.119. The SMILES string of the molecule is CCC(C)(C)Cc1ccc(C(C)(CC)CC(C)(c2ccc(C)cc2)C(C)C(C)(C)C)cc1. The average molecular weight is 435 g/mol. The van der Waals surface area contributed by atoms with E-state index in [1.54, 1.807) is 0 Å². The highest BCUT2D eigenvalue weighted by Gasteiger charge is 2.44. The van der Waals surface area contributed by atoms with Crippen LogP contribution in [-0.2, 0) is 17.3 Å². The van der Waals surface area contributed by atoms with Gasteiger partial charge in [0.1, 0.15) is 0 Å². The molecule has 0 aliphatic heterocycles. The van der Waals surface area contributed by atoms with Gasteiger partial charge in [0, 0.05) is 0 Å². The second-order valence-corrected chi connectivity index (χ2v) is 12.9. The second kappa shape index (κ2) is 9.74. The molecule has 0 aliphatic carbocycles. The third kappa shape index (κ3) is 6.06. The molecule has 2 rings (SSSR count). The van der Waals surface area contributed by atoms with Gasteiger partial charge in [0.25, 0.3) is 0 Å². The van der Waals surface area contributed by atoms with Crippen LogP contribution >= 0.6 is 0 Å². The van der Waals surface area contributed by atoms with Gasteiger partial charge in [-0.25, -0.2) is 0 Å². The van der Waals surface area contributed by atoms with E-state index >= 15 is 0 Å². The molecule has 2 aromatic carbocycles. The molecule has 0 saturated heterocycles. The Balaban J connectivity index is 2.46. The Morgan fingerprint density at radius 1 is 0.688 bits per heavy atom. The van der Waals surface area contributed by atoms with Gasteiger partial charge in [-0.2, -0.15) is 0 Å². The summed E-state index contributed by atoms with van der Waals surface area (Å²) in [6.07, 6.45) is 4.65. The van der Waals surface area contributed by atoms with E-state index in [1.165, 1.54) is 28.7 Å². The molecule has 0 amide bonds. The van der Waals surface area contributed by atoms with Crippen LogP contribution in [0.25, 0.3) is 0 Å². The van der Waals surface area contributed by atoms with Crippen LogP contribution < -0.4 is 0 Å². The standard InChI is InChI=1S/C32H50/c1-12-30(8,9)22-26-16-20-27(21-17-26)31(10,13-2)23-32(11,25(4)29(5,6)7)28-18-14-24(3)15-19-28/h14-21,25H,12-13,22-23H2,1-11H3. The first-order chi connectivity index (χ1) is 14.7. The molecule has 3 atom stereocenters. The molecule has 0 aromatic heterocycles. The summed E-state index contributed by atoms with van der Waals surface area (Å²) in [6.45, 7) is 26.3. The average Bonchev–Trinajstić information content (AvgIpc) is 2.73. The van der Waals surface area contributed by atoms with E-state index in [2.05, 4.69) is 125 Å². The largest absolute Gasteiger partial charge is 0.0649 e. The van der Waals surface area contributed by atoms with Gasteiger partial charge in [-0.05, 0) is 70.5 Å². The zero-order chi connectivity index (χ0) is 24.4. The van der Waals surface area contributed by atoms with Crippen molar-refractivity contribution in [2.75, 3.05) is 0 Å². The lowest BCUT2D eigenvalue weighted by Crippen LogP contribution is -2.43. The van der Waals surface area contributed by atoms with Crippen molar-refractivity contribution in [3.8, 4) is 0 Å². The fraction of sp³-hybridized carbons (Fsp3) is 0.625. The second-order valence-electron chi connectivity index (χ2n) is 12.9. The van der Waals surface area contributed by atoms with Crippen LogP contribution in [0.4, 0.5) is 0 Å². The molecule has 178 valence electrons. The van der Waals surface area contributed by atoms with Crippen LogP contribution in [0, 0.1) is 23.7 Å². The van der Waals surface area contributed by atoms with E-state index in [0.29, 0.717) is 11.3 Å². The molecule has 0 aliphatic rings. The molecule has 0 heterocycles. The maximum absolute atomic E-state index is 2.51. The summed E-state index contributed by atoms with van der Waals surface area (Å²) in [5.41, 5.74) is 6.60. The molecule has 0 N–H and O–H groups in total. The number of benzene rings is 2. The Kier molecular flexibility index (Phi) is 8.13. The molecule has 0 heteroatoms. The summed E-state index contributed by atoms with van der Waals surface area (Å²) in [4.78, 5) is 0. The molecule has 2 aromatic rings. The first-order valence-electron chi connectivity index (χ1n) is 12.8. The Morgan fingerprint density at radius 2 is 1.19 bits per heavy atom. The van der Waals surface area contributed by atoms with Gasteiger partial charge in [-0.1, -0.05) is 130 Å². The van der Waals surface area contributed by atoms with Crippen molar-refractivity contribution in [2.24, 2.45) is 16.7 Å². The Labute approximate surface area is 200 Å². The first-order valence-corrected chi connectivity index (χ1v) is 12.8. The van der Waals surface area contributed by atoms with Gasteiger partial charge in [0.2, 0.25) is 0 Å². The molecular weight excluding hydrogens is 384 g/mol. The minimum Gasteiger partial charge on any atom is -0.0649 e. The highest BCUT2D eigenvalue weighted by molar-refractivity contribution is 5.34. The van der Waals surface area contributed by atoms with Crippen LogP contribution in [0.2, 0.25) is 0 Å². The maximum atomic E-state index is 2.51. The van der Waals surface area contributed by atoms with Crippen LogP contribution in [0.5, 0.6) is 0 Å². The normalized spacial score (nSPS) is 17.5. The maximum Gasteiger partial charge on any atom is -0.00363 e. The van der Waals surface area contributed by atoms with E-state index in [-0.39, 0.29) is 16.2 Å². The molecule has 0 bridgehead atoms. The molecule has 0 saturated carbocycles. The third-order valence-corrected chi connectivity index (χ3v) is 8.79.